The second kappa shape index (κ2) is 5.84. The lowest BCUT2D eigenvalue weighted by molar-refractivity contribution is -0.134. The van der Waals surface area contributed by atoms with Crippen LogP contribution in [0, 0.1) is 5.41 Å². The Kier molecular flexibility index (Phi) is 4.73. The van der Waals surface area contributed by atoms with Gasteiger partial charge in [-0.25, -0.2) is 0 Å². The number of nitrogens with two attached hydrogens (primary N) is 1. The summed E-state index contributed by atoms with van der Waals surface area (Å²) < 4.78 is 0. The maximum atomic E-state index is 12.1. The van der Waals surface area contributed by atoms with Gasteiger partial charge >= 0.3 is 0 Å². The zero-order valence-corrected chi connectivity index (χ0v) is 9.84. The third kappa shape index (κ3) is 3.20. The highest BCUT2D eigenvalue weighted by molar-refractivity contribution is 5.87. The van der Waals surface area contributed by atoms with Gasteiger partial charge in [0.1, 0.15) is 0 Å². The molecular weight excluding hydrogens is 206 g/mol. The van der Waals surface area contributed by atoms with E-state index < -0.39 is 5.91 Å². The average molecular weight is 227 g/mol. The molecule has 92 valence electrons. The van der Waals surface area contributed by atoms with Crippen molar-refractivity contribution in [1.29, 1.82) is 0 Å². The lowest BCUT2D eigenvalue weighted by Gasteiger charge is -2.36. The Hall–Kier alpha value is -1.10. The van der Waals surface area contributed by atoms with Crippen LogP contribution in [0.3, 0.4) is 0 Å². The molecule has 0 spiro atoms. The predicted octanol–water partition coefficient (Wildman–Crippen LogP) is -0.242. The van der Waals surface area contributed by atoms with Crippen molar-refractivity contribution in [2.75, 3.05) is 19.6 Å². The van der Waals surface area contributed by atoms with E-state index in [1.807, 2.05) is 0 Å². The Morgan fingerprint density at radius 3 is 2.75 bits per heavy atom. The van der Waals surface area contributed by atoms with Gasteiger partial charge in [-0.3, -0.25) is 9.59 Å². The van der Waals surface area contributed by atoms with E-state index in [1.165, 1.54) is 0 Å². The largest absolute Gasteiger partial charge is 0.368 e. The van der Waals surface area contributed by atoms with Gasteiger partial charge in [0, 0.05) is 6.54 Å². The molecule has 4 N–H and O–H groups in total. The Labute approximate surface area is 96.1 Å². The van der Waals surface area contributed by atoms with Crippen molar-refractivity contribution in [3.05, 3.63) is 0 Å². The molecule has 0 radical (unpaired) electrons. The van der Waals surface area contributed by atoms with Crippen LogP contribution < -0.4 is 16.4 Å². The van der Waals surface area contributed by atoms with E-state index in [0.29, 0.717) is 6.54 Å². The van der Waals surface area contributed by atoms with E-state index in [2.05, 4.69) is 17.6 Å². The Morgan fingerprint density at radius 2 is 2.25 bits per heavy atom. The van der Waals surface area contributed by atoms with Crippen molar-refractivity contribution in [2.24, 2.45) is 11.1 Å². The summed E-state index contributed by atoms with van der Waals surface area (Å²) in [4.78, 5) is 22.7. The molecule has 0 bridgehead atoms. The molecular formula is C11H21N3O2. The topological polar surface area (TPSA) is 84.2 Å². The minimum absolute atomic E-state index is 0.0413. The Balaban J connectivity index is 2.60. The van der Waals surface area contributed by atoms with Gasteiger partial charge in [-0.05, 0) is 25.8 Å². The first-order valence-electron chi connectivity index (χ1n) is 5.88. The van der Waals surface area contributed by atoms with Gasteiger partial charge in [-0.2, -0.15) is 0 Å². The van der Waals surface area contributed by atoms with Crippen molar-refractivity contribution in [3.8, 4) is 0 Å². The van der Waals surface area contributed by atoms with Crippen LogP contribution in [0.2, 0.25) is 0 Å². The number of carbonyl (C=O) groups is 2. The van der Waals surface area contributed by atoms with Crippen LogP contribution >= 0.6 is 0 Å². The predicted molar refractivity (Wildman–Crippen MR) is 61.6 cm³/mol. The van der Waals surface area contributed by atoms with E-state index in [4.69, 9.17) is 5.73 Å². The number of rotatable bonds is 5. The number of hydrogen-bond donors (Lipinski definition) is 3. The SMILES string of the molecule is CCCC1(C(=O)NCC(N)=O)CCCNC1. The van der Waals surface area contributed by atoms with E-state index in [-0.39, 0.29) is 17.9 Å². The molecule has 16 heavy (non-hydrogen) atoms. The van der Waals surface area contributed by atoms with Crippen molar-refractivity contribution in [2.45, 2.75) is 32.6 Å². The highest BCUT2D eigenvalue weighted by Gasteiger charge is 2.38. The molecule has 1 saturated heterocycles. The number of nitrogens with one attached hydrogen (secondary N) is 2. The normalized spacial score (nSPS) is 25.1. The number of piperidine rings is 1. The van der Waals surface area contributed by atoms with Crippen LogP contribution in [0.1, 0.15) is 32.6 Å². The van der Waals surface area contributed by atoms with Crippen molar-refractivity contribution in [3.63, 3.8) is 0 Å². The fraction of sp³-hybridized carbons (Fsp3) is 0.818. The quantitative estimate of drug-likeness (QED) is 0.606. The second-order valence-electron chi connectivity index (χ2n) is 4.46. The summed E-state index contributed by atoms with van der Waals surface area (Å²) in [6.07, 6.45) is 3.71. The summed E-state index contributed by atoms with van der Waals surface area (Å²) in [5.41, 5.74) is 4.67. The summed E-state index contributed by atoms with van der Waals surface area (Å²) in [6, 6.07) is 0. The fourth-order valence-electron chi connectivity index (χ4n) is 2.32. The van der Waals surface area contributed by atoms with Gasteiger partial charge in [0.15, 0.2) is 0 Å². The first-order chi connectivity index (χ1) is 7.60. The zero-order valence-electron chi connectivity index (χ0n) is 9.84. The van der Waals surface area contributed by atoms with Gasteiger partial charge < -0.3 is 16.4 Å². The monoisotopic (exact) mass is 227 g/mol. The van der Waals surface area contributed by atoms with E-state index >= 15 is 0 Å². The third-order valence-electron chi connectivity index (χ3n) is 3.11. The maximum absolute atomic E-state index is 12.1. The zero-order chi connectivity index (χ0) is 12.0. The van der Waals surface area contributed by atoms with Crippen LogP contribution in [0.25, 0.3) is 0 Å². The number of amides is 2. The standard InChI is InChI=1S/C11H21N3O2/c1-2-4-11(5-3-6-13-8-11)10(16)14-7-9(12)15/h13H,2-8H2,1H3,(H2,12,15)(H,14,16). The highest BCUT2D eigenvalue weighted by Crippen LogP contribution is 2.31. The van der Waals surface area contributed by atoms with Crippen molar-refractivity contribution in [1.82, 2.24) is 10.6 Å². The molecule has 0 aromatic rings. The van der Waals surface area contributed by atoms with Crippen LogP contribution in [0.4, 0.5) is 0 Å². The molecule has 0 aromatic carbocycles. The third-order valence-corrected chi connectivity index (χ3v) is 3.11. The Morgan fingerprint density at radius 1 is 1.50 bits per heavy atom. The van der Waals surface area contributed by atoms with Crippen LogP contribution in [0.5, 0.6) is 0 Å². The molecule has 0 aromatic heterocycles. The number of primary amides is 1. The van der Waals surface area contributed by atoms with Crippen molar-refractivity contribution >= 4 is 11.8 Å². The highest BCUT2D eigenvalue weighted by atomic mass is 16.2. The molecule has 1 aliphatic rings. The summed E-state index contributed by atoms with van der Waals surface area (Å²) >= 11 is 0. The molecule has 1 aliphatic heterocycles. The number of carbonyl (C=O) groups excluding carboxylic acids is 2. The molecule has 5 nitrogen and oxygen atoms in total. The maximum Gasteiger partial charge on any atom is 0.236 e. The van der Waals surface area contributed by atoms with Gasteiger partial charge in [0.25, 0.3) is 0 Å². The molecule has 1 fully saturated rings. The minimum atomic E-state index is -0.497. The second-order valence-corrected chi connectivity index (χ2v) is 4.46. The fourth-order valence-corrected chi connectivity index (χ4v) is 2.32. The number of hydrogen-bond acceptors (Lipinski definition) is 3. The first-order valence-corrected chi connectivity index (χ1v) is 5.88. The van der Waals surface area contributed by atoms with Gasteiger partial charge in [0.2, 0.25) is 11.8 Å². The van der Waals surface area contributed by atoms with Crippen LogP contribution in [0.15, 0.2) is 0 Å². The minimum Gasteiger partial charge on any atom is -0.368 e. The van der Waals surface area contributed by atoms with Gasteiger partial charge in [-0.1, -0.05) is 13.3 Å². The van der Waals surface area contributed by atoms with Gasteiger partial charge in [-0.15, -0.1) is 0 Å². The molecule has 1 rings (SSSR count). The lowest BCUT2D eigenvalue weighted by Crippen LogP contribution is -2.51. The van der Waals surface area contributed by atoms with Crippen LogP contribution in [-0.4, -0.2) is 31.4 Å². The molecule has 2 amide bonds. The van der Waals surface area contributed by atoms with E-state index in [0.717, 1.165) is 32.2 Å². The smallest absolute Gasteiger partial charge is 0.236 e. The molecule has 5 heteroatoms. The molecule has 0 aliphatic carbocycles. The summed E-state index contributed by atoms with van der Waals surface area (Å²) in [7, 11) is 0. The average Bonchev–Trinajstić information content (AvgIpc) is 2.27. The van der Waals surface area contributed by atoms with Crippen LogP contribution in [-0.2, 0) is 9.59 Å². The molecule has 1 atom stereocenters. The van der Waals surface area contributed by atoms with Gasteiger partial charge in [0.05, 0.1) is 12.0 Å². The summed E-state index contributed by atoms with van der Waals surface area (Å²) in [5.74, 6) is -0.538. The first kappa shape index (κ1) is 13.0. The summed E-state index contributed by atoms with van der Waals surface area (Å²) in [5, 5.41) is 5.88. The Bertz CT molecular complexity index is 254. The van der Waals surface area contributed by atoms with E-state index in [9.17, 15) is 9.59 Å². The summed E-state index contributed by atoms with van der Waals surface area (Å²) in [6.45, 7) is 3.67. The molecule has 1 heterocycles. The molecule has 1 unspecified atom stereocenters. The van der Waals surface area contributed by atoms with E-state index in [1.54, 1.807) is 0 Å². The lowest BCUT2D eigenvalue weighted by atomic mass is 9.76. The van der Waals surface area contributed by atoms with Crippen molar-refractivity contribution < 1.29 is 9.59 Å². The molecule has 0 saturated carbocycles.